The van der Waals surface area contributed by atoms with Crippen LogP contribution < -0.4 is 5.32 Å². The molecule has 3 rings (SSSR count). The fourth-order valence-corrected chi connectivity index (χ4v) is 2.70. The molecule has 11 heteroatoms. The first-order valence-corrected chi connectivity index (χ1v) is 8.48. The first kappa shape index (κ1) is 20.2. The van der Waals surface area contributed by atoms with E-state index in [-0.39, 0.29) is 6.42 Å². The lowest BCUT2D eigenvalue weighted by Gasteiger charge is -2.15. The number of benzene rings is 1. The van der Waals surface area contributed by atoms with E-state index in [2.05, 4.69) is 20.4 Å². The minimum Gasteiger partial charge on any atom is -0.452 e. The quantitative estimate of drug-likeness (QED) is 0.515. The van der Waals surface area contributed by atoms with Crippen LogP contribution >= 0.6 is 0 Å². The van der Waals surface area contributed by atoms with Crippen molar-refractivity contribution in [1.29, 1.82) is 0 Å². The Morgan fingerprint density at radius 1 is 1.21 bits per heavy atom. The van der Waals surface area contributed by atoms with E-state index in [0.29, 0.717) is 28.8 Å². The second kappa shape index (κ2) is 7.86. The number of aromatic nitrogens is 4. The molecule has 0 spiro atoms. The number of nitrogens with one attached hydrogen (secondary N) is 1. The molecule has 3 aromatic rings. The predicted molar refractivity (Wildman–Crippen MR) is 94.5 cm³/mol. The Balaban J connectivity index is 1.68. The third-order valence-corrected chi connectivity index (χ3v) is 4.28. The molecule has 0 saturated heterocycles. The van der Waals surface area contributed by atoms with E-state index in [1.54, 1.807) is 13.8 Å². The summed E-state index contributed by atoms with van der Waals surface area (Å²) in [5.74, 6) is -5.89. The zero-order valence-corrected chi connectivity index (χ0v) is 15.7. The van der Waals surface area contributed by atoms with Crippen molar-refractivity contribution in [1.82, 2.24) is 19.6 Å². The fourth-order valence-electron chi connectivity index (χ4n) is 2.70. The first-order chi connectivity index (χ1) is 13.7. The summed E-state index contributed by atoms with van der Waals surface area (Å²) in [5, 5.41) is 6.08. The molecule has 0 aliphatic heterocycles. The molecule has 8 nitrogen and oxygen atoms in total. The van der Waals surface area contributed by atoms with Crippen molar-refractivity contribution in [3.05, 3.63) is 52.9 Å². The Morgan fingerprint density at radius 2 is 1.93 bits per heavy atom. The highest BCUT2D eigenvalue weighted by Gasteiger charge is 2.23. The lowest BCUT2D eigenvalue weighted by atomic mass is 10.1. The van der Waals surface area contributed by atoms with Crippen LogP contribution in [0.4, 0.5) is 18.9 Å². The summed E-state index contributed by atoms with van der Waals surface area (Å²) in [6.45, 7) is 4.71. The summed E-state index contributed by atoms with van der Waals surface area (Å²) in [7, 11) is 0. The average Bonchev–Trinajstić information content (AvgIpc) is 3.14. The molecular weight excluding hydrogens is 391 g/mol. The highest BCUT2D eigenvalue weighted by Crippen LogP contribution is 2.20. The second-order valence-electron chi connectivity index (χ2n) is 6.25. The van der Waals surface area contributed by atoms with Crippen LogP contribution in [0.5, 0.6) is 0 Å². The molecule has 0 aliphatic rings. The molecular formula is C18H16F3N5O3. The number of fused-ring (bicyclic) bond motifs is 1. The maximum atomic E-state index is 13.7. The van der Waals surface area contributed by atoms with Crippen molar-refractivity contribution in [3.63, 3.8) is 0 Å². The van der Waals surface area contributed by atoms with E-state index in [0.717, 1.165) is 6.07 Å². The van der Waals surface area contributed by atoms with Crippen molar-refractivity contribution in [2.24, 2.45) is 0 Å². The molecule has 1 aromatic carbocycles. The summed E-state index contributed by atoms with van der Waals surface area (Å²) in [4.78, 5) is 32.6. The van der Waals surface area contributed by atoms with Crippen molar-refractivity contribution in [3.8, 4) is 0 Å². The van der Waals surface area contributed by atoms with E-state index in [9.17, 15) is 22.8 Å². The average molecular weight is 407 g/mol. The third-order valence-electron chi connectivity index (χ3n) is 4.28. The van der Waals surface area contributed by atoms with Gasteiger partial charge in [0.2, 0.25) is 0 Å². The Kier molecular flexibility index (Phi) is 5.48. The zero-order valence-electron chi connectivity index (χ0n) is 15.7. The summed E-state index contributed by atoms with van der Waals surface area (Å²) in [6, 6.07) is 1.54. The molecule has 1 atom stereocenters. The number of esters is 1. The molecule has 0 radical (unpaired) electrons. The number of hydrogen-bond donors (Lipinski definition) is 1. The monoisotopic (exact) mass is 407 g/mol. The number of aryl methyl sites for hydroxylation is 2. The van der Waals surface area contributed by atoms with Gasteiger partial charge in [0.15, 0.2) is 23.6 Å². The van der Waals surface area contributed by atoms with Crippen molar-refractivity contribution >= 4 is 23.3 Å². The normalized spacial score (nSPS) is 12.1. The van der Waals surface area contributed by atoms with E-state index in [1.165, 1.54) is 17.8 Å². The van der Waals surface area contributed by atoms with Crippen molar-refractivity contribution in [2.45, 2.75) is 33.3 Å². The Labute approximate surface area is 162 Å². The van der Waals surface area contributed by atoms with Crippen LogP contribution in [0.25, 0.3) is 5.78 Å². The summed E-state index contributed by atoms with van der Waals surface area (Å²) in [6.07, 6.45) is -0.156. The molecule has 2 aromatic heterocycles. The molecule has 1 amide bonds. The van der Waals surface area contributed by atoms with Crippen LogP contribution in [0.15, 0.2) is 18.5 Å². The molecule has 0 saturated carbocycles. The number of nitrogens with zero attached hydrogens (tertiary/aromatic N) is 4. The lowest BCUT2D eigenvalue weighted by Crippen LogP contribution is -2.31. The minimum atomic E-state index is -1.71. The largest absolute Gasteiger partial charge is 0.452 e. The number of rotatable bonds is 5. The fraction of sp³-hybridized carbons (Fsp3) is 0.278. The molecule has 0 fully saturated rings. The molecule has 0 unspecified atom stereocenters. The second-order valence-corrected chi connectivity index (χ2v) is 6.25. The number of ether oxygens (including phenoxy) is 1. The van der Waals surface area contributed by atoms with Crippen LogP contribution in [-0.4, -0.2) is 37.6 Å². The minimum absolute atomic E-state index is 0.183. The van der Waals surface area contributed by atoms with Gasteiger partial charge in [0, 0.05) is 17.0 Å². The van der Waals surface area contributed by atoms with Gasteiger partial charge in [0.25, 0.3) is 11.7 Å². The van der Waals surface area contributed by atoms with Gasteiger partial charge in [0.05, 0.1) is 12.1 Å². The number of anilines is 1. The number of carbonyl (C=O) groups excluding carboxylic acids is 2. The maximum Gasteiger partial charge on any atom is 0.311 e. The predicted octanol–water partition coefficient (Wildman–Crippen LogP) is 2.27. The molecule has 2 heterocycles. The SMILES string of the molecule is Cc1nc2ncnn2c(C)c1CC(=O)O[C@H](C)C(=O)Nc1ccc(F)c(F)c1F. The maximum absolute atomic E-state index is 13.7. The van der Waals surface area contributed by atoms with Crippen LogP contribution in [-0.2, 0) is 20.7 Å². The van der Waals surface area contributed by atoms with Crippen LogP contribution in [0, 0.1) is 31.3 Å². The molecule has 29 heavy (non-hydrogen) atoms. The smallest absolute Gasteiger partial charge is 0.311 e. The van der Waals surface area contributed by atoms with Crippen molar-refractivity contribution < 1.29 is 27.5 Å². The number of amides is 1. The molecule has 152 valence electrons. The van der Waals surface area contributed by atoms with Gasteiger partial charge in [-0.3, -0.25) is 9.59 Å². The highest BCUT2D eigenvalue weighted by atomic mass is 19.2. The van der Waals surface area contributed by atoms with Gasteiger partial charge in [-0.05, 0) is 32.9 Å². The molecule has 0 bridgehead atoms. The van der Waals surface area contributed by atoms with Gasteiger partial charge < -0.3 is 10.1 Å². The summed E-state index contributed by atoms with van der Waals surface area (Å²) >= 11 is 0. The highest BCUT2D eigenvalue weighted by molar-refractivity contribution is 5.95. The molecule has 1 N–H and O–H groups in total. The Hall–Kier alpha value is -3.50. The topological polar surface area (TPSA) is 98.5 Å². The van der Waals surface area contributed by atoms with Gasteiger partial charge in [-0.25, -0.2) is 22.7 Å². The van der Waals surface area contributed by atoms with Crippen LogP contribution in [0.2, 0.25) is 0 Å². The molecule has 0 aliphatic carbocycles. The van der Waals surface area contributed by atoms with E-state index in [1.807, 2.05) is 0 Å². The van der Waals surface area contributed by atoms with Gasteiger partial charge in [-0.1, -0.05) is 0 Å². The van der Waals surface area contributed by atoms with Gasteiger partial charge in [-0.15, -0.1) is 0 Å². The van der Waals surface area contributed by atoms with E-state index < -0.39 is 41.1 Å². The van der Waals surface area contributed by atoms with Crippen LogP contribution in [0.1, 0.15) is 23.9 Å². The zero-order chi connectivity index (χ0) is 21.3. The first-order valence-electron chi connectivity index (χ1n) is 8.48. The summed E-state index contributed by atoms with van der Waals surface area (Å²) < 4.78 is 46.4. The number of hydrogen-bond acceptors (Lipinski definition) is 6. The summed E-state index contributed by atoms with van der Waals surface area (Å²) in [5.41, 5.74) is 1.19. The van der Waals surface area contributed by atoms with E-state index in [4.69, 9.17) is 4.74 Å². The van der Waals surface area contributed by atoms with Gasteiger partial charge in [0.1, 0.15) is 6.33 Å². The number of halogens is 3. The Bertz CT molecular complexity index is 1120. The standard InChI is InChI=1S/C18H16F3N5O3/c1-8-11(9(2)26-18(24-8)22-7-23-26)6-14(27)29-10(3)17(28)25-13-5-4-12(19)15(20)16(13)21/h4-5,7,10H,6H2,1-3H3,(H,25,28)/t10-/m1/s1. The van der Waals surface area contributed by atoms with Gasteiger partial charge in [-0.2, -0.15) is 10.1 Å². The Morgan fingerprint density at radius 3 is 2.66 bits per heavy atom. The van der Waals surface area contributed by atoms with Crippen molar-refractivity contribution in [2.75, 3.05) is 5.32 Å². The van der Waals surface area contributed by atoms with Gasteiger partial charge >= 0.3 is 5.97 Å². The van der Waals surface area contributed by atoms with Crippen LogP contribution in [0.3, 0.4) is 0 Å². The third kappa shape index (κ3) is 4.03. The lowest BCUT2D eigenvalue weighted by molar-refractivity contribution is -0.152. The van der Waals surface area contributed by atoms with E-state index >= 15 is 0 Å². The number of carbonyl (C=O) groups is 2.